The standard InChI is InChI=1S/C23H21BrFNO2/c1-23(2)12-19-22(20(27)13-23)18(14-6-8-15(24)9-7-14)11-21(28)26(19)17-5-3-4-16(25)10-17/h3-10,18H,11-13H2,1-2H3. The molecule has 1 amide bonds. The molecule has 3 nitrogen and oxygen atoms in total. The Labute approximate surface area is 172 Å². The van der Waals surface area contributed by atoms with Crippen molar-refractivity contribution in [2.24, 2.45) is 5.41 Å². The topological polar surface area (TPSA) is 37.4 Å². The van der Waals surface area contributed by atoms with Crippen LogP contribution in [-0.2, 0) is 9.59 Å². The Morgan fingerprint density at radius 1 is 1.07 bits per heavy atom. The molecule has 2 aromatic carbocycles. The van der Waals surface area contributed by atoms with Crippen molar-refractivity contribution in [3.05, 3.63) is 75.7 Å². The van der Waals surface area contributed by atoms with E-state index in [4.69, 9.17) is 0 Å². The first kappa shape index (κ1) is 19.1. The predicted octanol–water partition coefficient (Wildman–Crippen LogP) is 5.75. The third-order valence-corrected chi connectivity index (χ3v) is 6.01. The number of carbonyl (C=O) groups is 2. The third-order valence-electron chi connectivity index (χ3n) is 5.48. The first-order valence-electron chi connectivity index (χ1n) is 9.35. The van der Waals surface area contributed by atoms with Gasteiger partial charge >= 0.3 is 0 Å². The number of ketones is 1. The average molecular weight is 442 g/mol. The molecular weight excluding hydrogens is 421 g/mol. The van der Waals surface area contributed by atoms with Crippen molar-refractivity contribution in [3.63, 3.8) is 0 Å². The van der Waals surface area contributed by atoms with Gasteiger partial charge in [-0.3, -0.25) is 14.5 Å². The van der Waals surface area contributed by atoms with Crippen LogP contribution in [0.5, 0.6) is 0 Å². The molecule has 0 aromatic heterocycles. The van der Waals surface area contributed by atoms with Gasteiger partial charge in [-0.1, -0.05) is 48.0 Å². The fourth-order valence-electron chi connectivity index (χ4n) is 4.31. The minimum Gasteiger partial charge on any atom is -0.294 e. The van der Waals surface area contributed by atoms with E-state index in [0.717, 1.165) is 15.7 Å². The molecule has 1 heterocycles. The Balaban J connectivity index is 1.89. The SMILES string of the molecule is CC1(C)CC(=O)C2=C(C1)N(c1cccc(F)c1)C(=O)CC2c1ccc(Br)cc1. The molecule has 4 rings (SSSR count). The number of halogens is 2. The van der Waals surface area contributed by atoms with Crippen molar-refractivity contribution < 1.29 is 14.0 Å². The lowest BCUT2D eigenvalue weighted by atomic mass is 9.69. The highest BCUT2D eigenvalue weighted by atomic mass is 79.9. The number of hydrogen-bond donors (Lipinski definition) is 0. The van der Waals surface area contributed by atoms with E-state index in [9.17, 15) is 14.0 Å². The van der Waals surface area contributed by atoms with E-state index in [1.54, 1.807) is 17.0 Å². The van der Waals surface area contributed by atoms with Crippen LogP contribution in [-0.4, -0.2) is 11.7 Å². The summed E-state index contributed by atoms with van der Waals surface area (Å²) < 4.78 is 14.8. The van der Waals surface area contributed by atoms with E-state index < -0.39 is 5.82 Å². The first-order chi connectivity index (χ1) is 13.2. The van der Waals surface area contributed by atoms with E-state index in [2.05, 4.69) is 15.9 Å². The molecule has 0 spiro atoms. The highest BCUT2D eigenvalue weighted by Gasteiger charge is 2.44. The molecule has 0 radical (unpaired) electrons. The second kappa shape index (κ2) is 6.96. The zero-order valence-corrected chi connectivity index (χ0v) is 17.4. The second-order valence-electron chi connectivity index (χ2n) is 8.32. The molecule has 28 heavy (non-hydrogen) atoms. The molecular formula is C23H21BrFNO2. The summed E-state index contributed by atoms with van der Waals surface area (Å²) in [6.07, 6.45) is 1.25. The monoisotopic (exact) mass is 441 g/mol. The Morgan fingerprint density at radius 3 is 2.46 bits per heavy atom. The summed E-state index contributed by atoms with van der Waals surface area (Å²) in [5.74, 6) is -0.691. The number of Topliss-reactive ketones (excluding diaryl/α,β-unsaturated/α-hetero) is 1. The molecule has 0 bridgehead atoms. The summed E-state index contributed by atoms with van der Waals surface area (Å²) in [6, 6.07) is 13.8. The van der Waals surface area contributed by atoms with Gasteiger partial charge in [0.25, 0.3) is 0 Å². The molecule has 2 aliphatic rings. The molecule has 0 saturated carbocycles. The van der Waals surface area contributed by atoms with Crippen LogP contribution < -0.4 is 4.90 Å². The van der Waals surface area contributed by atoms with Crippen molar-refractivity contribution in [1.82, 2.24) is 0 Å². The number of anilines is 1. The summed E-state index contributed by atoms with van der Waals surface area (Å²) in [7, 11) is 0. The quantitative estimate of drug-likeness (QED) is 0.594. The highest BCUT2D eigenvalue weighted by molar-refractivity contribution is 9.10. The normalized spacial score (nSPS) is 21.7. The largest absolute Gasteiger partial charge is 0.294 e. The van der Waals surface area contributed by atoms with Gasteiger partial charge < -0.3 is 0 Å². The van der Waals surface area contributed by atoms with Crippen LogP contribution in [0.1, 0.15) is 44.6 Å². The van der Waals surface area contributed by atoms with E-state index in [0.29, 0.717) is 24.1 Å². The molecule has 0 N–H and O–H groups in total. The van der Waals surface area contributed by atoms with Crippen molar-refractivity contribution in [1.29, 1.82) is 0 Å². The molecule has 1 aliphatic heterocycles. The van der Waals surface area contributed by atoms with Crippen molar-refractivity contribution >= 4 is 33.3 Å². The smallest absolute Gasteiger partial charge is 0.232 e. The van der Waals surface area contributed by atoms with Crippen LogP contribution in [0.3, 0.4) is 0 Å². The van der Waals surface area contributed by atoms with E-state index in [-0.39, 0.29) is 29.4 Å². The maximum Gasteiger partial charge on any atom is 0.232 e. The number of carbonyl (C=O) groups excluding carboxylic acids is 2. The number of amides is 1. The lowest BCUT2D eigenvalue weighted by molar-refractivity contribution is -0.121. The molecule has 0 fully saturated rings. The molecule has 5 heteroatoms. The number of rotatable bonds is 2. The molecule has 144 valence electrons. The fourth-order valence-corrected chi connectivity index (χ4v) is 4.57. The van der Waals surface area contributed by atoms with E-state index in [1.165, 1.54) is 12.1 Å². The molecule has 2 aromatic rings. The number of allylic oxidation sites excluding steroid dienone is 2. The highest BCUT2D eigenvalue weighted by Crippen LogP contribution is 2.48. The summed E-state index contributed by atoms with van der Waals surface area (Å²) in [6.45, 7) is 4.07. The number of hydrogen-bond acceptors (Lipinski definition) is 2. The van der Waals surface area contributed by atoms with E-state index in [1.807, 2.05) is 38.1 Å². The summed E-state index contributed by atoms with van der Waals surface area (Å²) in [5.41, 5.74) is 2.61. The van der Waals surface area contributed by atoms with Crippen LogP contribution in [0.2, 0.25) is 0 Å². The Morgan fingerprint density at radius 2 is 1.79 bits per heavy atom. The summed E-state index contributed by atoms with van der Waals surface area (Å²) >= 11 is 3.43. The second-order valence-corrected chi connectivity index (χ2v) is 9.23. The molecule has 1 atom stereocenters. The first-order valence-corrected chi connectivity index (χ1v) is 10.1. The third kappa shape index (κ3) is 3.44. The van der Waals surface area contributed by atoms with Gasteiger partial charge in [0.1, 0.15) is 5.82 Å². The lowest BCUT2D eigenvalue weighted by Gasteiger charge is -2.43. The zero-order valence-electron chi connectivity index (χ0n) is 15.8. The van der Waals surface area contributed by atoms with Gasteiger partial charge in [0, 0.05) is 34.5 Å². The lowest BCUT2D eigenvalue weighted by Crippen LogP contribution is -2.43. The van der Waals surface area contributed by atoms with Crippen molar-refractivity contribution in [2.45, 2.75) is 39.0 Å². The van der Waals surface area contributed by atoms with Crippen LogP contribution >= 0.6 is 15.9 Å². The average Bonchev–Trinajstić information content (AvgIpc) is 2.60. The van der Waals surface area contributed by atoms with Gasteiger partial charge in [-0.15, -0.1) is 0 Å². The maximum atomic E-state index is 13.9. The fraction of sp³-hybridized carbons (Fsp3) is 0.304. The minimum atomic E-state index is -0.399. The number of benzene rings is 2. The molecule has 1 aliphatic carbocycles. The summed E-state index contributed by atoms with van der Waals surface area (Å²) in [5, 5.41) is 0. The van der Waals surface area contributed by atoms with Crippen molar-refractivity contribution in [3.8, 4) is 0 Å². The molecule has 1 unspecified atom stereocenters. The Kier molecular flexibility index (Phi) is 4.74. The van der Waals surface area contributed by atoms with Gasteiger partial charge in [-0.25, -0.2) is 4.39 Å². The van der Waals surface area contributed by atoms with Gasteiger partial charge in [0.15, 0.2) is 5.78 Å². The Bertz CT molecular complexity index is 994. The van der Waals surface area contributed by atoms with Crippen LogP contribution in [0.25, 0.3) is 0 Å². The minimum absolute atomic E-state index is 0.0769. The van der Waals surface area contributed by atoms with Gasteiger partial charge in [0.2, 0.25) is 5.91 Å². The number of nitrogens with zero attached hydrogens (tertiary/aromatic N) is 1. The van der Waals surface area contributed by atoms with E-state index >= 15 is 0 Å². The van der Waals surface area contributed by atoms with Gasteiger partial charge in [0.05, 0.1) is 5.69 Å². The zero-order chi connectivity index (χ0) is 20.1. The van der Waals surface area contributed by atoms with Crippen LogP contribution in [0.15, 0.2) is 64.3 Å². The maximum absolute atomic E-state index is 13.9. The summed E-state index contributed by atoms with van der Waals surface area (Å²) in [4.78, 5) is 27.9. The van der Waals surface area contributed by atoms with Crippen LogP contribution in [0.4, 0.5) is 10.1 Å². The van der Waals surface area contributed by atoms with Gasteiger partial charge in [-0.05, 0) is 47.7 Å². The Hall–Kier alpha value is -2.27. The van der Waals surface area contributed by atoms with Crippen LogP contribution in [0, 0.1) is 11.2 Å². The predicted molar refractivity (Wildman–Crippen MR) is 110 cm³/mol. The van der Waals surface area contributed by atoms with Crippen molar-refractivity contribution in [2.75, 3.05) is 4.90 Å². The van der Waals surface area contributed by atoms with Gasteiger partial charge in [-0.2, -0.15) is 0 Å². The molecule has 0 saturated heterocycles.